The molecule has 1 heterocycles. The molecule has 1 aromatic heterocycles. The normalized spacial score (nSPS) is 10.6. The standard InChI is InChI=1S/C31H40N4O4/c1-3-5-7-9-22-38-26-18-14-24(15-19-26)30(36)34-28-12-11-13-29(33-28)35(32)31(37)25-16-20-27(21-17-25)39-23-10-8-6-4-2/h11-21H,3-10,22-23,32H2,1-2H3,(H,33,34,36). The van der Waals surface area contributed by atoms with Gasteiger partial charge in [-0.2, -0.15) is 0 Å². The molecule has 208 valence electrons. The minimum Gasteiger partial charge on any atom is -0.494 e. The molecular formula is C31H40N4O4. The molecule has 2 aromatic carbocycles. The van der Waals surface area contributed by atoms with Gasteiger partial charge in [0, 0.05) is 11.1 Å². The second kappa shape index (κ2) is 16.1. The molecule has 3 N–H and O–H groups in total. The first-order valence-corrected chi connectivity index (χ1v) is 13.8. The quantitative estimate of drug-likeness (QED) is 0.0912. The number of benzene rings is 2. The number of rotatable bonds is 16. The van der Waals surface area contributed by atoms with Gasteiger partial charge in [-0.25, -0.2) is 15.8 Å². The number of nitrogens with zero attached hydrogens (tertiary/aromatic N) is 2. The molecule has 3 rings (SSSR count). The maximum atomic E-state index is 12.9. The van der Waals surface area contributed by atoms with Crippen LogP contribution < -0.4 is 25.6 Å². The second-order valence-electron chi connectivity index (χ2n) is 9.38. The lowest BCUT2D eigenvalue weighted by Gasteiger charge is -2.17. The zero-order valence-corrected chi connectivity index (χ0v) is 23.0. The first kappa shape index (κ1) is 29.6. The Morgan fingerprint density at radius 1 is 0.744 bits per heavy atom. The van der Waals surface area contributed by atoms with Crippen LogP contribution >= 0.6 is 0 Å². The zero-order chi connectivity index (χ0) is 27.9. The minimum atomic E-state index is -0.425. The summed E-state index contributed by atoms with van der Waals surface area (Å²) >= 11 is 0. The number of nitrogens with one attached hydrogen (secondary N) is 1. The van der Waals surface area contributed by atoms with Gasteiger partial charge < -0.3 is 14.8 Å². The molecule has 0 saturated heterocycles. The van der Waals surface area contributed by atoms with Gasteiger partial charge in [-0.1, -0.05) is 58.4 Å². The Kier molecular flexibility index (Phi) is 12.3. The fourth-order valence-electron chi connectivity index (χ4n) is 3.89. The predicted octanol–water partition coefficient (Wildman–Crippen LogP) is 6.77. The van der Waals surface area contributed by atoms with Gasteiger partial charge in [0.15, 0.2) is 5.82 Å². The van der Waals surface area contributed by atoms with Gasteiger partial charge in [-0.15, -0.1) is 0 Å². The largest absolute Gasteiger partial charge is 0.494 e. The summed E-state index contributed by atoms with van der Waals surface area (Å²) in [4.78, 5) is 30.0. The molecule has 0 saturated carbocycles. The summed E-state index contributed by atoms with van der Waals surface area (Å²) in [5, 5.41) is 3.72. The van der Waals surface area contributed by atoms with E-state index in [4.69, 9.17) is 15.3 Å². The maximum absolute atomic E-state index is 12.9. The predicted molar refractivity (Wildman–Crippen MR) is 155 cm³/mol. The molecule has 3 aromatic rings. The number of nitrogens with two attached hydrogens (primary N) is 1. The molecule has 0 aliphatic rings. The highest BCUT2D eigenvalue weighted by Crippen LogP contribution is 2.19. The summed E-state index contributed by atoms with van der Waals surface area (Å²) in [6.45, 7) is 5.66. The molecule has 0 atom stereocenters. The van der Waals surface area contributed by atoms with E-state index in [1.807, 2.05) is 0 Å². The van der Waals surface area contributed by atoms with Gasteiger partial charge in [0.25, 0.3) is 11.8 Å². The third-order valence-electron chi connectivity index (χ3n) is 6.19. The lowest BCUT2D eigenvalue weighted by molar-refractivity contribution is 0.0985. The Balaban J connectivity index is 1.53. The first-order chi connectivity index (χ1) is 19.0. The van der Waals surface area contributed by atoms with Gasteiger partial charge in [-0.3, -0.25) is 9.59 Å². The van der Waals surface area contributed by atoms with Gasteiger partial charge in [0.1, 0.15) is 17.3 Å². The Bertz CT molecular complexity index is 1170. The Morgan fingerprint density at radius 3 is 1.82 bits per heavy atom. The number of carbonyl (C=O) groups excluding carboxylic acids is 2. The number of carbonyl (C=O) groups is 2. The Labute approximate surface area is 231 Å². The number of amides is 2. The van der Waals surface area contributed by atoms with Gasteiger partial charge in [-0.05, 0) is 73.5 Å². The Hall–Kier alpha value is -3.91. The van der Waals surface area contributed by atoms with Crippen LogP contribution in [0.3, 0.4) is 0 Å². The summed E-state index contributed by atoms with van der Waals surface area (Å²) in [7, 11) is 0. The second-order valence-corrected chi connectivity index (χ2v) is 9.38. The summed E-state index contributed by atoms with van der Waals surface area (Å²) in [6, 6.07) is 18.8. The fraction of sp³-hybridized carbons (Fsp3) is 0.387. The molecule has 8 heteroatoms. The third kappa shape index (κ3) is 9.72. The summed E-state index contributed by atoms with van der Waals surface area (Å²) in [6.07, 6.45) is 9.07. The first-order valence-electron chi connectivity index (χ1n) is 13.8. The van der Waals surface area contributed by atoms with E-state index in [2.05, 4.69) is 24.1 Å². The SMILES string of the molecule is CCCCCCOc1ccc(C(=O)Nc2cccc(N(N)C(=O)c3ccc(OCCCCCC)cc3)n2)cc1. The van der Waals surface area contributed by atoms with Gasteiger partial charge in [0.05, 0.1) is 13.2 Å². The monoisotopic (exact) mass is 532 g/mol. The van der Waals surface area contributed by atoms with Crippen molar-refractivity contribution < 1.29 is 19.1 Å². The van der Waals surface area contributed by atoms with E-state index in [1.165, 1.54) is 25.7 Å². The molecular weight excluding hydrogens is 492 g/mol. The molecule has 0 aliphatic carbocycles. The third-order valence-corrected chi connectivity index (χ3v) is 6.19. The van der Waals surface area contributed by atoms with Crippen molar-refractivity contribution in [2.75, 3.05) is 23.5 Å². The highest BCUT2D eigenvalue weighted by atomic mass is 16.5. The average molecular weight is 533 g/mol. The van der Waals surface area contributed by atoms with Crippen molar-refractivity contribution in [1.82, 2.24) is 4.98 Å². The van der Waals surface area contributed by atoms with Crippen molar-refractivity contribution in [3.8, 4) is 11.5 Å². The number of hydrogen-bond acceptors (Lipinski definition) is 6. The van der Waals surface area contributed by atoms with E-state index in [-0.39, 0.29) is 17.5 Å². The fourth-order valence-corrected chi connectivity index (χ4v) is 3.89. The minimum absolute atomic E-state index is 0.209. The lowest BCUT2D eigenvalue weighted by atomic mass is 10.2. The number of aromatic nitrogens is 1. The lowest BCUT2D eigenvalue weighted by Crippen LogP contribution is -2.38. The molecule has 0 spiro atoms. The van der Waals surface area contributed by atoms with E-state index >= 15 is 0 Å². The molecule has 0 bridgehead atoms. The van der Waals surface area contributed by atoms with Crippen LogP contribution in [-0.4, -0.2) is 30.0 Å². The molecule has 0 aliphatic heterocycles. The van der Waals surface area contributed by atoms with Crippen molar-refractivity contribution in [3.05, 3.63) is 77.9 Å². The van der Waals surface area contributed by atoms with Gasteiger partial charge >= 0.3 is 0 Å². The molecule has 2 amide bonds. The number of hydrogen-bond donors (Lipinski definition) is 2. The summed E-state index contributed by atoms with van der Waals surface area (Å²) < 4.78 is 11.5. The molecule has 39 heavy (non-hydrogen) atoms. The van der Waals surface area contributed by atoms with E-state index < -0.39 is 5.91 Å². The van der Waals surface area contributed by atoms with E-state index in [1.54, 1.807) is 66.7 Å². The molecule has 0 fully saturated rings. The van der Waals surface area contributed by atoms with Crippen LogP contribution in [0, 0.1) is 0 Å². The van der Waals surface area contributed by atoms with Gasteiger partial charge in [0.2, 0.25) is 0 Å². The van der Waals surface area contributed by atoms with Crippen LogP contribution in [0.5, 0.6) is 11.5 Å². The van der Waals surface area contributed by atoms with Crippen LogP contribution in [0.15, 0.2) is 66.7 Å². The van der Waals surface area contributed by atoms with Crippen molar-refractivity contribution >= 4 is 23.5 Å². The summed E-state index contributed by atoms with van der Waals surface area (Å²) in [5.74, 6) is 7.27. The van der Waals surface area contributed by atoms with Crippen molar-refractivity contribution in [2.24, 2.45) is 5.84 Å². The van der Waals surface area contributed by atoms with E-state index in [0.29, 0.717) is 30.1 Å². The van der Waals surface area contributed by atoms with Crippen molar-refractivity contribution in [3.63, 3.8) is 0 Å². The topological polar surface area (TPSA) is 107 Å². The van der Waals surface area contributed by atoms with Crippen LogP contribution in [0.2, 0.25) is 0 Å². The van der Waals surface area contributed by atoms with E-state index in [9.17, 15) is 9.59 Å². The zero-order valence-electron chi connectivity index (χ0n) is 23.0. The maximum Gasteiger partial charge on any atom is 0.273 e. The Morgan fingerprint density at radius 2 is 1.28 bits per heavy atom. The number of unbranched alkanes of at least 4 members (excludes halogenated alkanes) is 6. The van der Waals surface area contributed by atoms with Crippen LogP contribution in [0.1, 0.15) is 85.9 Å². The molecule has 0 unspecified atom stereocenters. The number of anilines is 2. The van der Waals surface area contributed by atoms with Crippen LogP contribution in [-0.2, 0) is 0 Å². The van der Waals surface area contributed by atoms with Crippen molar-refractivity contribution in [1.29, 1.82) is 0 Å². The molecule has 0 radical (unpaired) electrons. The smallest absolute Gasteiger partial charge is 0.273 e. The number of hydrazine groups is 1. The number of ether oxygens (including phenoxy) is 2. The average Bonchev–Trinajstić information content (AvgIpc) is 2.97. The molecule has 8 nitrogen and oxygen atoms in total. The van der Waals surface area contributed by atoms with E-state index in [0.717, 1.165) is 36.4 Å². The number of pyridine rings is 1. The highest BCUT2D eigenvalue weighted by molar-refractivity contribution is 6.06. The van der Waals surface area contributed by atoms with Crippen LogP contribution in [0.25, 0.3) is 0 Å². The highest BCUT2D eigenvalue weighted by Gasteiger charge is 2.17. The van der Waals surface area contributed by atoms with Crippen LogP contribution in [0.4, 0.5) is 11.6 Å². The summed E-state index contributed by atoms with van der Waals surface area (Å²) in [5.41, 5.74) is 0.869. The van der Waals surface area contributed by atoms with Crippen molar-refractivity contribution in [2.45, 2.75) is 65.2 Å².